The number of thioether (sulfide) groups is 1. The highest BCUT2D eigenvalue weighted by molar-refractivity contribution is 7.98. The monoisotopic (exact) mass is 346 g/mol. The Bertz CT molecular complexity index is 728. The van der Waals surface area contributed by atoms with E-state index >= 15 is 0 Å². The van der Waals surface area contributed by atoms with Gasteiger partial charge in [0.1, 0.15) is 11.1 Å². The van der Waals surface area contributed by atoms with E-state index in [-0.39, 0.29) is 12.0 Å². The normalized spacial score (nSPS) is 16.9. The molecular formula is C16H18N4O3S. The minimum atomic E-state index is -0.107. The van der Waals surface area contributed by atoms with Gasteiger partial charge in [-0.1, -0.05) is 0 Å². The molecule has 0 aromatic carbocycles. The standard InChI is InChI=1S/C16H18N4O3S/c1-22-13-8-17-9-14(19-13)23-11-5-7-20(10-11)16(21)12-4-3-6-18-15(12)24-2/h3-4,6,8-9,11H,5,7,10H2,1-2H3. The summed E-state index contributed by atoms with van der Waals surface area (Å²) in [5, 5.41) is 0.741. The van der Waals surface area contributed by atoms with E-state index in [0.29, 0.717) is 30.4 Å². The molecule has 0 bridgehead atoms. The first-order chi connectivity index (χ1) is 11.7. The van der Waals surface area contributed by atoms with Crippen LogP contribution in [-0.4, -0.2) is 58.3 Å². The van der Waals surface area contributed by atoms with Crippen molar-refractivity contribution in [1.82, 2.24) is 19.9 Å². The molecule has 0 saturated carbocycles. The smallest absolute Gasteiger partial charge is 0.256 e. The highest BCUT2D eigenvalue weighted by Crippen LogP contribution is 2.23. The van der Waals surface area contributed by atoms with E-state index in [9.17, 15) is 4.79 Å². The molecule has 0 N–H and O–H groups in total. The number of nitrogens with zero attached hydrogens (tertiary/aromatic N) is 4. The van der Waals surface area contributed by atoms with Gasteiger partial charge in [0.05, 0.1) is 31.6 Å². The number of amides is 1. The van der Waals surface area contributed by atoms with Gasteiger partial charge in [-0.25, -0.2) is 4.98 Å². The molecule has 1 unspecified atom stereocenters. The molecule has 8 heteroatoms. The molecule has 0 spiro atoms. The first kappa shape index (κ1) is 16.5. The molecule has 3 rings (SSSR count). The lowest BCUT2D eigenvalue weighted by Gasteiger charge is -2.18. The fourth-order valence-corrected chi connectivity index (χ4v) is 3.09. The summed E-state index contributed by atoms with van der Waals surface area (Å²) in [4.78, 5) is 26.9. The SMILES string of the molecule is COc1cncc(OC2CCN(C(=O)c3cccnc3SC)C2)n1. The van der Waals surface area contributed by atoms with Crippen LogP contribution in [0.4, 0.5) is 0 Å². The summed E-state index contributed by atoms with van der Waals surface area (Å²) in [5.41, 5.74) is 0.631. The van der Waals surface area contributed by atoms with Crippen LogP contribution in [0.3, 0.4) is 0 Å². The number of carbonyl (C=O) groups excluding carboxylic acids is 1. The molecule has 24 heavy (non-hydrogen) atoms. The molecule has 1 aliphatic rings. The van der Waals surface area contributed by atoms with E-state index in [0.717, 1.165) is 11.4 Å². The number of likely N-dealkylation sites (tertiary alicyclic amines) is 1. The van der Waals surface area contributed by atoms with Crippen molar-refractivity contribution in [2.45, 2.75) is 17.6 Å². The molecule has 1 amide bonds. The number of methoxy groups -OCH3 is 1. The van der Waals surface area contributed by atoms with Crippen LogP contribution in [0.5, 0.6) is 11.8 Å². The van der Waals surface area contributed by atoms with Crippen molar-refractivity contribution < 1.29 is 14.3 Å². The molecule has 7 nitrogen and oxygen atoms in total. The highest BCUT2D eigenvalue weighted by Gasteiger charge is 2.29. The van der Waals surface area contributed by atoms with Crippen LogP contribution in [0.2, 0.25) is 0 Å². The Hall–Kier alpha value is -2.35. The summed E-state index contributed by atoms with van der Waals surface area (Å²) in [7, 11) is 1.53. The Balaban J connectivity index is 1.65. The maximum atomic E-state index is 12.7. The van der Waals surface area contributed by atoms with Crippen molar-refractivity contribution in [3.8, 4) is 11.8 Å². The third-order valence-electron chi connectivity index (χ3n) is 3.71. The molecule has 1 aliphatic heterocycles. The fourth-order valence-electron chi connectivity index (χ4n) is 2.55. The van der Waals surface area contributed by atoms with E-state index in [1.165, 1.54) is 25.1 Å². The van der Waals surface area contributed by atoms with Gasteiger partial charge in [-0.3, -0.25) is 9.78 Å². The Morgan fingerprint density at radius 3 is 3.00 bits per heavy atom. The van der Waals surface area contributed by atoms with Crippen LogP contribution in [0.15, 0.2) is 35.7 Å². The third kappa shape index (κ3) is 3.59. The van der Waals surface area contributed by atoms with Gasteiger partial charge in [0.15, 0.2) is 0 Å². The summed E-state index contributed by atoms with van der Waals surface area (Å²) in [6.07, 6.45) is 7.31. The fraction of sp³-hybridized carbons (Fsp3) is 0.375. The van der Waals surface area contributed by atoms with Crippen molar-refractivity contribution in [1.29, 1.82) is 0 Å². The zero-order valence-electron chi connectivity index (χ0n) is 13.5. The second-order valence-corrected chi connectivity index (χ2v) is 6.03. The van der Waals surface area contributed by atoms with Crippen LogP contribution in [-0.2, 0) is 0 Å². The average molecular weight is 346 g/mol. The Labute approximate surface area is 144 Å². The molecule has 3 heterocycles. The van der Waals surface area contributed by atoms with Crippen LogP contribution in [0.25, 0.3) is 0 Å². The summed E-state index contributed by atoms with van der Waals surface area (Å²) >= 11 is 1.47. The Kier molecular flexibility index (Phi) is 5.14. The number of rotatable bonds is 5. The van der Waals surface area contributed by atoms with E-state index in [1.807, 2.05) is 12.3 Å². The number of hydrogen-bond donors (Lipinski definition) is 0. The van der Waals surface area contributed by atoms with E-state index in [2.05, 4.69) is 15.0 Å². The first-order valence-corrected chi connectivity index (χ1v) is 8.74. The largest absolute Gasteiger partial charge is 0.480 e. The molecule has 1 atom stereocenters. The molecular weight excluding hydrogens is 328 g/mol. The van der Waals surface area contributed by atoms with Crippen LogP contribution in [0, 0.1) is 0 Å². The van der Waals surface area contributed by atoms with Crippen LogP contribution in [0.1, 0.15) is 16.8 Å². The lowest BCUT2D eigenvalue weighted by molar-refractivity contribution is 0.0766. The summed E-state index contributed by atoms with van der Waals surface area (Å²) in [6.45, 7) is 1.16. The van der Waals surface area contributed by atoms with Crippen molar-refractivity contribution in [2.75, 3.05) is 26.5 Å². The molecule has 126 valence electrons. The maximum Gasteiger partial charge on any atom is 0.256 e. The van der Waals surface area contributed by atoms with Gasteiger partial charge in [0, 0.05) is 19.2 Å². The molecule has 2 aromatic rings. The zero-order chi connectivity index (χ0) is 16.9. The van der Waals surface area contributed by atoms with Gasteiger partial charge < -0.3 is 14.4 Å². The molecule has 2 aromatic heterocycles. The number of pyridine rings is 1. The van der Waals surface area contributed by atoms with Gasteiger partial charge in [-0.05, 0) is 18.4 Å². The number of aromatic nitrogens is 3. The topological polar surface area (TPSA) is 77.4 Å². The number of hydrogen-bond acceptors (Lipinski definition) is 7. The highest BCUT2D eigenvalue weighted by atomic mass is 32.2. The first-order valence-electron chi connectivity index (χ1n) is 7.52. The Morgan fingerprint density at radius 2 is 2.21 bits per heavy atom. The van der Waals surface area contributed by atoms with E-state index in [4.69, 9.17) is 9.47 Å². The lowest BCUT2D eigenvalue weighted by atomic mass is 10.2. The number of ether oxygens (including phenoxy) is 2. The van der Waals surface area contributed by atoms with Gasteiger partial charge in [0.2, 0.25) is 11.8 Å². The summed E-state index contributed by atoms with van der Waals surface area (Å²) < 4.78 is 10.9. The summed E-state index contributed by atoms with van der Waals surface area (Å²) in [6, 6.07) is 3.59. The van der Waals surface area contributed by atoms with Crippen LogP contribution < -0.4 is 9.47 Å². The van der Waals surface area contributed by atoms with Crippen molar-refractivity contribution in [3.63, 3.8) is 0 Å². The maximum absolute atomic E-state index is 12.7. The zero-order valence-corrected chi connectivity index (χ0v) is 14.3. The van der Waals surface area contributed by atoms with Gasteiger partial charge in [0.25, 0.3) is 5.91 Å². The predicted octanol–water partition coefficient (Wildman–Crippen LogP) is 1.90. The molecule has 0 aliphatic carbocycles. The lowest BCUT2D eigenvalue weighted by Crippen LogP contribution is -2.31. The Morgan fingerprint density at radius 1 is 1.38 bits per heavy atom. The van der Waals surface area contributed by atoms with Crippen molar-refractivity contribution >= 4 is 17.7 Å². The van der Waals surface area contributed by atoms with E-state index in [1.54, 1.807) is 23.4 Å². The molecule has 1 fully saturated rings. The van der Waals surface area contributed by atoms with Gasteiger partial charge in [-0.2, -0.15) is 4.98 Å². The number of carbonyl (C=O) groups is 1. The van der Waals surface area contributed by atoms with Crippen molar-refractivity contribution in [3.05, 3.63) is 36.3 Å². The predicted molar refractivity (Wildman–Crippen MR) is 89.5 cm³/mol. The average Bonchev–Trinajstić information content (AvgIpc) is 3.09. The van der Waals surface area contributed by atoms with Gasteiger partial charge >= 0.3 is 0 Å². The van der Waals surface area contributed by atoms with Crippen LogP contribution >= 0.6 is 11.8 Å². The third-order valence-corrected chi connectivity index (χ3v) is 4.43. The molecule has 1 saturated heterocycles. The summed E-state index contributed by atoms with van der Waals surface area (Å²) in [5.74, 6) is 0.786. The second kappa shape index (κ2) is 7.48. The van der Waals surface area contributed by atoms with Gasteiger partial charge in [-0.15, -0.1) is 11.8 Å². The minimum Gasteiger partial charge on any atom is -0.480 e. The second-order valence-electron chi connectivity index (χ2n) is 5.24. The van der Waals surface area contributed by atoms with E-state index < -0.39 is 0 Å². The quantitative estimate of drug-likeness (QED) is 0.765. The minimum absolute atomic E-state index is 0.0183. The molecule has 0 radical (unpaired) electrons. The van der Waals surface area contributed by atoms with Crippen molar-refractivity contribution in [2.24, 2.45) is 0 Å².